The van der Waals surface area contributed by atoms with Gasteiger partial charge in [0, 0.05) is 56.3 Å². The van der Waals surface area contributed by atoms with E-state index in [9.17, 15) is 5.11 Å². The standard InChI is InChI=1S/C28H34N6O2S.CH4/c1-19(2)14-21(18-35)31-28-32-24-6-5-22(16-26(24)37-28)36-23-8-9-29-25(15-23)20-4-7-27(30-17-20)34-12-10-33(3)11-13-34;/h4-9,15-17,19,21,35H,10-14,18H2,1-3H3,(H,31,32);1H4/t21-;/m1./s1. The first kappa shape index (κ1) is 27.8. The molecule has 5 rings (SSSR count). The Kier molecular flexibility index (Phi) is 9.14. The van der Waals surface area contributed by atoms with Gasteiger partial charge in [-0.05, 0) is 49.7 Å². The molecule has 1 atom stereocenters. The third-order valence-corrected chi connectivity index (χ3v) is 7.45. The van der Waals surface area contributed by atoms with Crippen LogP contribution in [0.5, 0.6) is 11.5 Å². The number of ether oxygens (including phenoxy) is 1. The van der Waals surface area contributed by atoms with Gasteiger partial charge in [0.2, 0.25) is 0 Å². The second-order valence-electron chi connectivity index (χ2n) is 9.98. The Balaban J connectivity index is 0.00000336. The fraction of sp³-hybridized carbons (Fsp3) is 0.414. The number of nitrogens with one attached hydrogen (secondary N) is 1. The van der Waals surface area contributed by atoms with Gasteiger partial charge >= 0.3 is 0 Å². The lowest BCUT2D eigenvalue weighted by Gasteiger charge is -2.33. The molecule has 4 heterocycles. The van der Waals surface area contributed by atoms with Crippen LogP contribution in [0.1, 0.15) is 27.7 Å². The van der Waals surface area contributed by atoms with Crippen LogP contribution in [0.2, 0.25) is 0 Å². The SMILES string of the molecule is C.CC(C)C[C@H](CO)Nc1nc2ccc(Oc3ccnc(-c4ccc(N5CCN(C)CC5)nc4)c3)cc2s1. The fourth-order valence-electron chi connectivity index (χ4n) is 4.48. The number of thiazole rings is 1. The summed E-state index contributed by atoms with van der Waals surface area (Å²) < 4.78 is 7.21. The van der Waals surface area contributed by atoms with Crippen molar-refractivity contribution in [2.75, 3.05) is 50.1 Å². The number of anilines is 2. The molecule has 8 nitrogen and oxygen atoms in total. The molecule has 1 aliphatic heterocycles. The van der Waals surface area contributed by atoms with E-state index in [2.05, 4.69) is 58.1 Å². The second kappa shape index (κ2) is 12.5. The molecular weight excluding hydrogens is 496 g/mol. The molecule has 9 heteroatoms. The van der Waals surface area contributed by atoms with E-state index >= 15 is 0 Å². The average molecular weight is 535 g/mol. The first-order valence-electron chi connectivity index (χ1n) is 12.8. The number of aliphatic hydroxyl groups excluding tert-OH is 1. The number of likely N-dealkylation sites (N-methyl/N-ethyl adjacent to an activating group) is 1. The zero-order chi connectivity index (χ0) is 25.8. The number of hydrogen-bond acceptors (Lipinski definition) is 9. The third kappa shape index (κ3) is 6.78. The normalized spacial score (nSPS) is 14.9. The zero-order valence-electron chi connectivity index (χ0n) is 21.6. The van der Waals surface area contributed by atoms with Gasteiger partial charge in [0.15, 0.2) is 5.13 Å². The molecule has 1 saturated heterocycles. The Morgan fingerprint density at radius 2 is 1.82 bits per heavy atom. The van der Waals surface area contributed by atoms with Gasteiger partial charge in [-0.15, -0.1) is 0 Å². The first-order chi connectivity index (χ1) is 18.0. The Morgan fingerprint density at radius 3 is 2.53 bits per heavy atom. The maximum absolute atomic E-state index is 9.69. The van der Waals surface area contributed by atoms with Gasteiger partial charge in [0.05, 0.1) is 28.6 Å². The lowest BCUT2D eigenvalue weighted by atomic mass is 10.0. The fourth-order valence-corrected chi connectivity index (χ4v) is 5.45. The highest BCUT2D eigenvalue weighted by Crippen LogP contribution is 2.33. The van der Waals surface area contributed by atoms with Gasteiger partial charge in [-0.3, -0.25) is 4.98 Å². The van der Waals surface area contributed by atoms with E-state index in [4.69, 9.17) is 9.72 Å². The summed E-state index contributed by atoms with van der Waals surface area (Å²) in [5.74, 6) is 2.96. The summed E-state index contributed by atoms with van der Waals surface area (Å²) in [4.78, 5) is 18.6. The van der Waals surface area contributed by atoms with Crippen LogP contribution >= 0.6 is 11.3 Å². The predicted molar refractivity (Wildman–Crippen MR) is 158 cm³/mol. The summed E-state index contributed by atoms with van der Waals surface area (Å²) in [6.45, 7) is 8.47. The maximum atomic E-state index is 9.69. The molecule has 0 saturated carbocycles. The molecule has 0 aliphatic carbocycles. The number of benzene rings is 1. The van der Waals surface area contributed by atoms with Crippen molar-refractivity contribution in [2.45, 2.75) is 33.7 Å². The van der Waals surface area contributed by atoms with Crippen molar-refractivity contribution in [3.05, 3.63) is 54.9 Å². The Bertz CT molecular complexity index is 1320. The molecule has 3 aromatic heterocycles. The largest absolute Gasteiger partial charge is 0.457 e. The van der Waals surface area contributed by atoms with Crippen molar-refractivity contribution < 1.29 is 9.84 Å². The van der Waals surface area contributed by atoms with Gasteiger partial charge in [0.1, 0.15) is 17.3 Å². The van der Waals surface area contributed by atoms with Gasteiger partial charge in [-0.2, -0.15) is 0 Å². The highest BCUT2D eigenvalue weighted by atomic mass is 32.1. The number of rotatable bonds is 9. The molecule has 0 unspecified atom stereocenters. The van der Waals surface area contributed by atoms with Crippen molar-refractivity contribution in [3.63, 3.8) is 0 Å². The third-order valence-electron chi connectivity index (χ3n) is 6.50. The minimum Gasteiger partial charge on any atom is -0.457 e. The van der Waals surface area contributed by atoms with Crippen LogP contribution < -0.4 is 15.0 Å². The summed E-state index contributed by atoms with van der Waals surface area (Å²) in [5.41, 5.74) is 2.68. The molecule has 0 radical (unpaired) electrons. The average Bonchev–Trinajstić information content (AvgIpc) is 3.30. The van der Waals surface area contributed by atoms with E-state index in [1.165, 1.54) is 0 Å². The number of pyridine rings is 2. The number of hydrogen-bond donors (Lipinski definition) is 2. The maximum Gasteiger partial charge on any atom is 0.184 e. The highest BCUT2D eigenvalue weighted by Gasteiger charge is 2.16. The molecule has 1 fully saturated rings. The molecule has 1 aliphatic rings. The Hall–Kier alpha value is -3.27. The van der Waals surface area contributed by atoms with Crippen LogP contribution in [0.4, 0.5) is 10.9 Å². The van der Waals surface area contributed by atoms with Gasteiger partial charge in [-0.25, -0.2) is 9.97 Å². The van der Waals surface area contributed by atoms with Crippen LogP contribution in [-0.4, -0.2) is 70.8 Å². The summed E-state index contributed by atoms with van der Waals surface area (Å²) in [6, 6.07) is 13.8. The quantitative estimate of drug-likeness (QED) is 0.281. The van der Waals surface area contributed by atoms with Crippen LogP contribution in [0.25, 0.3) is 21.5 Å². The predicted octanol–water partition coefficient (Wildman–Crippen LogP) is 5.75. The molecular formula is C29H38N6O2S. The zero-order valence-corrected chi connectivity index (χ0v) is 22.4. The van der Waals surface area contributed by atoms with Gasteiger partial charge in [-0.1, -0.05) is 32.6 Å². The number of nitrogens with zero attached hydrogens (tertiary/aromatic N) is 5. The van der Waals surface area contributed by atoms with Crippen molar-refractivity contribution in [1.82, 2.24) is 19.9 Å². The molecule has 1 aromatic carbocycles. The highest BCUT2D eigenvalue weighted by molar-refractivity contribution is 7.22. The Labute approximate surface area is 229 Å². The monoisotopic (exact) mass is 534 g/mol. The van der Waals surface area contributed by atoms with Crippen LogP contribution in [0.3, 0.4) is 0 Å². The van der Waals surface area contributed by atoms with E-state index in [-0.39, 0.29) is 20.1 Å². The number of fused-ring (bicyclic) bond motifs is 1. The van der Waals surface area contributed by atoms with Crippen LogP contribution in [0, 0.1) is 5.92 Å². The van der Waals surface area contributed by atoms with E-state index in [1.807, 2.05) is 36.5 Å². The molecule has 0 spiro atoms. The summed E-state index contributed by atoms with van der Waals surface area (Å²) in [6.07, 6.45) is 4.53. The molecule has 0 bridgehead atoms. The number of piperazine rings is 1. The molecule has 2 N–H and O–H groups in total. The summed E-state index contributed by atoms with van der Waals surface area (Å²) >= 11 is 1.57. The van der Waals surface area contributed by atoms with E-state index in [0.717, 1.165) is 70.8 Å². The minimum absolute atomic E-state index is 0. The lowest BCUT2D eigenvalue weighted by Crippen LogP contribution is -2.44. The van der Waals surface area contributed by atoms with Crippen LogP contribution in [-0.2, 0) is 0 Å². The van der Waals surface area contributed by atoms with E-state index < -0.39 is 0 Å². The smallest absolute Gasteiger partial charge is 0.184 e. The minimum atomic E-state index is -0.00312. The molecule has 0 amide bonds. The lowest BCUT2D eigenvalue weighted by molar-refractivity contribution is 0.259. The van der Waals surface area contributed by atoms with E-state index in [0.29, 0.717) is 11.7 Å². The van der Waals surface area contributed by atoms with Gasteiger partial charge < -0.3 is 25.0 Å². The van der Waals surface area contributed by atoms with E-state index in [1.54, 1.807) is 17.5 Å². The Morgan fingerprint density at radius 1 is 1.03 bits per heavy atom. The first-order valence-corrected chi connectivity index (χ1v) is 13.6. The topological polar surface area (TPSA) is 86.6 Å². The van der Waals surface area contributed by atoms with Crippen molar-refractivity contribution in [1.29, 1.82) is 0 Å². The number of aromatic nitrogens is 3. The van der Waals surface area contributed by atoms with Crippen LogP contribution in [0.15, 0.2) is 54.9 Å². The van der Waals surface area contributed by atoms with Crippen molar-refractivity contribution >= 4 is 32.5 Å². The van der Waals surface area contributed by atoms with Crippen molar-refractivity contribution in [3.8, 4) is 22.8 Å². The summed E-state index contributed by atoms with van der Waals surface area (Å²) in [5, 5.41) is 13.9. The number of aliphatic hydroxyl groups is 1. The van der Waals surface area contributed by atoms with Gasteiger partial charge in [0.25, 0.3) is 0 Å². The molecule has 4 aromatic rings. The summed E-state index contributed by atoms with van der Waals surface area (Å²) in [7, 11) is 2.15. The second-order valence-corrected chi connectivity index (χ2v) is 11.0. The molecule has 202 valence electrons. The van der Waals surface area contributed by atoms with Crippen molar-refractivity contribution in [2.24, 2.45) is 5.92 Å². The molecule has 38 heavy (non-hydrogen) atoms.